The Kier molecular flexibility index (Phi) is 2.59. The van der Waals surface area contributed by atoms with Crippen molar-refractivity contribution in [3.05, 3.63) is 51.2 Å². The molecule has 0 N–H and O–H groups in total. The van der Waals surface area contributed by atoms with Crippen LogP contribution in [0.1, 0.15) is 9.75 Å². The molecular formula is C10H9S2. The van der Waals surface area contributed by atoms with Crippen molar-refractivity contribution < 1.29 is 0 Å². The van der Waals surface area contributed by atoms with Crippen LogP contribution in [0.3, 0.4) is 0 Å². The molecule has 61 valence electrons. The van der Waals surface area contributed by atoms with E-state index >= 15 is 0 Å². The lowest BCUT2D eigenvalue weighted by molar-refractivity contribution is 1.24. The van der Waals surface area contributed by atoms with Gasteiger partial charge in [0.15, 0.2) is 0 Å². The molecule has 1 radical (unpaired) electrons. The standard InChI is InChI=1S/C10H9S2/c1-3-9(11-7-1)5-6-10-4-2-8-12-10/h1-5,7-8H,6H2. The first-order valence-electron chi connectivity index (χ1n) is 3.84. The zero-order chi connectivity index (χ0) is 8.23. The summed E-state index contributed by atoms with van der Waals surface area (Å²) in [4.78, 5) is 2.80. The Bertz CT molecular complexity index is 271. The molecule has 0 saturated heterocycles. The molecule has 0 aliphatic carbocycles. The van der Waals surface area contributed by atoms with Crippen LogP contribution < -0.4 is 0 Å². The van der Waals surface area contributed by atoms with Crippen LogP contribution in [0.4, 0.5) is 0 Å². The highest BCUT2D eigenvalue weighted by Gasteiger charge is 1.96. The van der Waals surface area contributed by atoms with E-state index in [1.54, 1.807) is 11.3 Å². The summed E-state index contributed by atoms with van der Waals surface area (Å²) in [6.07, 6.45) is 3.34. The highest BCUT2D eigenvalue weighted by atomic mass is 32.1. The Labute approximate surface area is 80.5 Å². The summed E-state index contributed by atoms with van der Waals surface area (Å²) in [7, 11) is 0. The van der Waals surface area contributed by atoms with Gasteiger partial charge in [0.1, 0.15) is 0 Å². The predicted molar refractivity (Wildman–Crippen MR) is 55.7 cm³/mol. The summed E-state index contributed by atoms with van der Waals surface area (Å²) in [5.41, 5.74) is 0. The second-order valence-corrected chi connectivity index (χ2v) is 4.51. The number of hydrogen-bond acceptors (Lipinski definition) is 2. The molecular weight excluding hydrogens is 184 g/mol. The summed E-state index contributed by atoms with van der Waals surface area (Å²) < 4.78 is 0. The van der Waals surface area contributed by atoms with Gasteiger partial charge < -0.3 is 0 Å². The van der Waals surface area contributed by atoms with E-state index in [9.17, 15) is 0 Å². The van der Waals surface area contributed by atoms with Crippen molar-refractivity contribution in [1.82, 2.24) is 0 Å². The SMILES string of the molecule is [CH](Cc1cccs1)c1cccs1. The van der Waals surface area contributed by atoms with Crippen LogP contribution in [0.2, 0.25) is 0 Å². The second kappa shape index (κ2) is 3.87. The molecule has 2 aromatic rings. The summed E-state index contributed by atoms with van der Waals surface area (Å²) >= 11 is 3.61. The van der Waals surface area contributed by atoms with E-state index in [1.165, 1.54) is 9.75 Å². The molecule has 0 aliphatic rings. The highest BCUT2D eigenvalue weighted by molar-refractivity contribution is 7.10. The third kappa shape index (κ3) is 1.96. The van der Waals surface area contributed by atoms with Crippen molar-refractivity contribution in [3.63, 3.8) is 0 Å². The third-order valence-electron chi connectivity index (χ3n) is 1.63. The van der Waals surface area contributed by atoms with Crippen LogP contribution in [0.15, 0.2) is 35.0 Å². The number of thiophene rings is 2. The van der Waals surface area contributed by atoms with Crippen molar-refractivity contribution in [2.45, 2.75) is 6.42 Å². The van der Waals surface area contributed by atoms with Crippen LogP contribution >= 0.6 is 22.7 Å². The minimum atomic E-state index is 1.07. The molecule has 0 atom stereocenters. The average molecular weight is 193 g/mol. The smallest absolute Gasteiger partial charge is 0.00863 e. The van der Waals surface area contributed by atoms with Gasteiger partial charge in [0, 0.05) is 16.2 Å². The maximum Gasteiger partial charge on any atom is 0.00863 e. The fourth-order valence-electron chi connectivity index (χ4n) is 1.04. The molecule has 2 heterocycles. The molecule has 0 saturated carbocycles. The Balaban J connectivity index is 1.91. The largest absolute Gasteiger partial charge is 0.149 e. The van der Waals surface area contributed by atoms with E-state index in [0.29, 0.717) is 0 Å². The first kappa shape index (κ1) is 8.02. The van der Waals surface area contributed by atoms with E-state index < -0.39 is 0 Å². The summed E-state index contributed by atoms with van der Waals surface area (Å²) in [5, 5.41) is 4.23. The van der Waals surface area contributed by atoms with Gasteiger partial charge in [-0.25, -0.2) is 0 Å². The first-order chi connectivity index (χ1) is 5.95. The summed E-state index contributed by atoms with van der Waals surface area (Å²) in [6, 6.07) is 8.51. The van der Waals surface area contributed by atoms with Crippen LogP contribution in [0.5, 0.6) is 0 Å². The first-order valence-corrected chi connectivity index (χ1v) is 5.60. The molecule has 0 nitrogen and oxygen atoms in total. The molecule has 0 amide bonds. The maximum absolute atomic E-state index is 2.27. The molecule has 0 unspecified atom stereocenters. The lowest BCUT2D eigenvalue weighted by atomic mass is 10.2. The molecule has 0 aliphatic heterocycles. The van der Waals surface area contributed by atoms with Gasteiger partial charge in [-0.1, -0.05) is 12.1 Å². The van der Waals surface area contributed by atoms with E-state index in [1.807, 2.05) is 11.3 Å². The predicted octanol–water partition coefficient (Wildman–Crippen LogP) is 3.60. The Morgan fingerprint density at radius 3 is 2.58 bits per heavy atom. The van der Waals surface area contributed by atoms with Crippen molar-refractivity contribution >= 4 is 22.7 Å². The van der Waals surface area contributed by atoms with Crippen molar-refractivity contribution in [2.75, 3.05) is 0 Å². The summed E-state index contributed by atoms with van der Waals surface area (Å²) in [5.74, 6) is 0. The molecule has 0 bridgehead atoms. The van der Waals surface area contributed by atoms with Gasteiger partial charge in [-0.05, 0) is 29.3 Å². The lowest BCUT2D eigenvalue weighted by Gasteiger charge is -1.92. The molecule has 0 aromatic carbocycles. The van der Waals surface area contributed by atoms with Gasteiger partial charge in [-0.2, -0.15) is 0 Å². The monoisotopic (exact) mass is 193 g/mol. The van der Waals surface area contributed by atoms with Gasteiger partial charge in [-0.15, -0.1) is 22.7 Å². The van der Waals surface area contributed by atoms with Crippen molar-refractivity contribution in [3.8, 4) is 0 Å². The molecule has 2 aromatic heterocycles. The minimum Gasteiger partial charge on any atom is -0.149 e. The van der Waals surface area contributed by atoms with Gasteiger partial charge >= 0.3 is 0 Å². The highest BCUT2D eigenvalue weighted by Crippen LogP contribution is 2.16. The van der Waals surface area contributed by atoms with Gasteiger partial charge in [0.25, 0.3) is 0 Å². The average Bonchev–Trinajstić information content (AvgIpc) is 2.74. The number of hydrogen-bond donors (Lipinski definition) is 0. The van der Waals surface area contributed by atoms with Crippen molar-refractivity contribution in [1.29, 1.82) is 0 Å². The Morgan fingerprint density at radius 2 is 1.92 bits per heavy atom. The molecule has 0 spiro atoms. The zero-order valence-electron chi connectivity index (χ0n) is 6.57. The quantitative estimate of drug-likeness (QED) is 0.698. The van der Waals surface area contributed by atoms with Gasteiger partial charge in [0.2, 0.25) is 0 Å². The topological polar surface area (TPSA) is 0 Å². The fraction of sp³-hybridized carbons (Fsp3) is 0.100. The van der Waals surface area contributed by atoms with Crippen molar-refractivity contribution in [2.24, 2.45) is 0 Å². The molecule has 0 fully saturated rings. The van der Waals surface area contributed by atoms with Crippen LogP contribution in [-0.2, 0) is 6.42 Å². The van der Waals surface area contributed by atoms with Crippen LogP contribution in [-0.4, -0.2) is 0 Å². The molecule has 12 heavy (non-hydrogen) atoms. The van der Waals surface area contributed by atoms with Crippen LogP contribution in [0, 0.1) is 6.42 Å². The van der Waals surface area contributed by atoms with E-state index in [-0.39, 0.29) is 0 Å². The number of rotatable bonds is 3. The molecule has 2 rings (SSSR count). The third-order valence-corrected chi connectivity index (χ3v) is 3.39. The van der Waals surface area contributed by atoms with E-state index in [2.05, 4.69) is 41.4 Å². The van der Waals surface area contributed by atoms with Gasteiger partial charge in [-0.3, -0.25) is 0 Å². The lowest BCUT2D eigenvalue weighted by Crippen LogP contribution is -1.80. The van der Waals surface area contributed by atoms with E-state index in [0.717, 1.165) is 6.42 Å². The van der Waals surface area contributed by atoms with E-state index in [4.69, 9.17) is 0 Å². The van der Waals surface area contributed by atoms with Crippen LogP contribution in [0.25, 0.3) is 0 Å². The fourth-order valence-corrected chi connectivity index (χ4v) is 2.36. The maximum atomic E-state index is 2.27. The minimum absolute atomic E-state index is 1.07. The van der Waals surface area contributed by atoms with Gasteiger partial charge in [0.05, 0.1) is 0 Å². The Morgan fingerprint density at radius 1 is 1.08 bits per heavy atom. The Hall–Kier alpha value is -0.600. The molecule has 2 heteroatoms. The zero-order valence-corrected chi connectivity index (χ0v) is 8.20. The normalized spacial score (nSPS) is 10.3. The summed E-state index contributed by atoms with van der Waals surface area (Å²) in [6.45, 7) is 0. The second-order valence-electron chi connectivity index (χ2n) is 2.50.